The Balaban J connectivity index is 1.66. The van der Waals surface area contributed by atoms with Crippen LogP contribution in [0.25, 0.3) is 0 Å². The molecule has 0 atom stereocenters. The molecule has 0 radical (unpaired) electrons. The van der Waals surface area contributed by atoms with Crippen LogP contribution in [-0.4, -0.2) is 35.8 Å². The first-order valence-corrected chi connectivity index (χ1v) is 10.1. The van der Waals surface area contributed by atoms with Gasteiger partial charge in [0.1, 0.15) is 0 Å². The third kappa shape index (κ3) is 6.01. The molecule has 0 saturated heterocycles. The second-order valence-electron chi connectivity index (χ2n) is 6.67. The number of aliphatic imine (C=N–C) groups is 1. The van der Waals surface area contributed by atoms with Crippen LogP contribution < -0.4 is 20.1 Å². The number of ether oxygens (including phenoxy) is 2. The summed E-state index contributed by atoms with van der Waals surface area (Å²) in [7, 11) is 1.64. The number of hydrogen-bond acceptors (Lipinski definition) is 4. The molecule has 3 aromatic rings. The summed E-state index contributed by atoms with van der Waals surface area (Å²) in [6, 6.07) is 14.2. The fourth-order valence-electron chi connectivity index (χ4n) is 2.98. The molecule has 3 rings (SSSR count). The zero-order valence-corrected chi connectivity index (χ0v) is 17.8. The number of anilines is 1. The molecule has 0 amide bonds. The maximum Gasteiger partial charge on any atom is 0.196 e. The smallest absolute Gasteiger partial charge is 0.196 e. The van der Waals surface area contributed by atoms with Crippen molar-refractivity contribution in [2.24, 2.45) is 4.99 Å². The van der Waals surface area contributed by atoms with Gasteiger partial charge in [0.25, 0.3) is 0 Å². The van der Waals surface area contributed by atoms with Gasteiger partial charge in [-0.2, -0.15) is 0 Å². The van der Waals surface area contributed by atoms with E-state index in [1.807, 2.05) is 49.1 Å². The van der Waals surface area contributed by atoms with Gasteiger partial charge in [-0.05, 0) is 37.1 Å². The van der Waals surface area contributed by atoms with Gasteiger partial charge in [-0.3, -0.25) is 0 Å². The van der Waals surface area contributed by atoms with Gasteiger partial charge in [-0.15, -0.1) is 0 Å². The molecule has 0 saturated carbocycles. The van der Waals surface area contributed by atoms with Crippen LogP contribution in [-0.2, 0) is 13.1 Å². The molecule has 0 fully saturated rings. The Morgan fingerprint density at radius 1 is 1.07 bits per heavy atom. The first-order chi connectivity index (χ1) is 14.7. The van der Waals surface area contributed by atoms with E-state index < -0.39 is 0 Å². The molecule has 30 heavy (non-hydrogen) atoms. The molecule has 2 aromatic carbocycles. The van der Waals surface area contributed by atoms with E-state index in [2.05, 4.69) is 39.9 Å². The van der Waals surface area contributed by atoms with E-state index in [-0.39, 0.29) is 0 Å². The lowest BCUT2D eigenvalue weighted by atomic mass is 10.1. The predicted molar refractivity (Wildman–Crippen MR) is 120 cm³/mol. The standard InChI is InChI=1S/C23H29N5O2/c1-4-25-23(27-20-10-11-21(29-3)22(14-20)30-5-2)26-15-18-6-8-19(9-7-18)16-28-13-12-24-17-28/h6-14,17H,4-5,15-16H2,1-3H3,(H2,25,26,27). The lowest BCUT2D eigenvalue weighted by Crippen LogP contribution is -2.30. The number of nitrogens with one attached hydrogen (secondary N) is 2. The summed E-state index contributed by atoms with van der Waals surface area (Å²) in [5.74, 6) is 2.13. The summed E-state index contributed by atoms with van der Waals surface area (Å²) >= 11 is 0. The molecule has 1 heterocycles. The second kappa shape index (κ2) is 10.9. The number of hydrogen-bond donors (Lipinski definition) is 2. The molecule has 0 aliphatic heterocycles. The minimum absolute atomic E-state index is 0.574. The van der Waals surface area contributed by atoms with Crippen LogP contribution in [0.4, 0.5) is 5.69 Å². The van der Waals surface area contributed by atoms with Crippen LogP contribution in [0.5, 0.6) is 11.5 Å². The molecule has 158 valence electrons. The summed E-state index contributed by atoms with van der Waals surface area (Å²) in [5.41, 5.74) is 3.26. The minimum Gasteiger partial charge on any atom is -0.493 e. The summed E-state index contributed by atoms with van der Waals surface area (Å²) in [6.45, 7) is 6.73. The van der Waals surface area contributed by atoms with Crippen molar-refractivity contribution < 1.29 is 9.47 Å². The molecular formula is C23H29N5O2. The highest BCUT2D eigenvalue weighted by Crippen LogP contribution is 2.30. The van der Waals surface area contributed by atoms with Crippen LogP contribution in [0, 0.1) is 0 Å². The predicted octanol–water partition coefficient (Wildman–Crippen LogP) is 3.92. The van der Waals surface area contributed by atoms with Crippen molar-refractivity contribution >= 4 is 11.6 Å². The van der Waals surface area contributed by atoms with Crippen LogP contribution in [0.2, 0.25) is 0 Å². The lowest BCUT2D eigenvalue weighted by molar-refractivity contribution is 0.311. The highest BCUT2D eigenvalue weighted by atomic mass is 16.5. The highest BCUT2D eigenvalue weighted by Gasteiger charge is 2.07. The number of aromatic nitrogens is 2. The summed E-state index contributed by atoms with van der Waals surface area (Å²) < 4.78 is 13.1. The van der Waals surface area contributed by atoms with Gasteiger partial charge in [0, 0.05) is 37.2 Å². The summed E-state index contributed by atoms with van der Waals surface area (Å²) in [5, 5.41) is 6.61. The maximum atomic E-state index is 5.66. The molecule has 0 unspecified atom stereocenters. The molecule has 0 bridgehead atoms. The maximum absolute atomic E-state index is 5.66. The third-order valence-corrected chi connectivity index (χ3v) is 4.44. The van der Waals surface area contributed by atoms with Gasteiger partial charge in [0.2, 0.25) is 0 Å². The monoisotopic (exact) mass is 407 g/mol. The Labute approximate surface area is 177 Å². The number of methoxy groups -OCH3 is 1. The highest BCUT2D eigenvalue weighted by molar-refractivity contribution is 5.93. The normalized spacial score (nSPS) is 11.2. The van der Waals surface area contributed by atoms with E-state index in [1.54, 1.807) is 13.3 Å². The minimum atomic E-state index is 0.574. The van der Waals surface area contributed by atoms with Crippen molar-refractivity contribution in [3.05, 3.63) is 72.3 Å². The van der Waals surface area contributed by atoms with E-state index >= 15 is 0 Å². The van der Waals surface area contributed by atoms with Crippen molar-refractivity contribution in [3.8, 4) is 11.5 Å². The largest absolute Gasteiger partial charge is 0.493 e. The van der Waals surface area contributed by atoms with E-state index in [1.165, 1.54) is 5.56 Å². The van der Waals surface area contributed by atoms with Crippen LogP contribution >= 0.6 is 0 Å². The van der Waals surface area contributed by atoms with Crippen molar-refractivity contribution in [1.82, 2.24) is 14.9 Å². The number of benzene rings is 2. The Hall–Kier alpha value is -3.48. The SMILES string of the molecule is CCNC(=NCc1ccc(Cn2ccnc2)cc1)Nc1ccc(OC)c(OCC)c1. The molecule has 1 aromatic heterocycles. The van der Waals surface area contributed by atoms with Gasteiger partial charge in [-0.25, -0.2) is 9.98 Å². The number of imidazole rings is 1. The summed E-state index contributed by atoms with van der Waals surface area (Å²) in [4.78, 5) is 8.79. The number of guanidine groups is 1. The fourth-order valence-corrected chi connectivity index (χ4v) is 2.98. The van der Waals surface area contributed by atoms with Gasteiger partial charge in [-0.1, -0.05) is 24.3 Å². The second-order valence-corrected chi connectivity index (χ2v) is 6.67. The molecule has 0 spiro atoms. The van der Waals surface area contributed by atoms with E-state index in [0.717, 1.165) is 24.3 Å². The van der Waals surface area contributed by atoms with Crippen LogP contribution in [0.15, 0.2) is 66.2 Å². The molecule has 0 aliphatic rings. The Morgan fingerprint density at radius 2 is 1.87 bits per heavy atom. The van der Waals surface area contributed by atoms with Crippen molar-refractivity contribution in [3.63, 3.8) is 0 Å². The fraction of sp³-hybridized carbons (Fsp3) is 0.304. The Kier molecular flexibility index (Phi) is 7.71. The summed E-state index contributed by atoms with van der Waals surface area (Å²) in [6.07, 6.45) is 5.57. The van der Waals surface area contributed by atoms with E-state index in [9.17, 15) is 0 Å². The van der Waals surface area contributed by atoms with Crippen molar-refractivity contribution in [2.45, 2.75) is 26.9 Å². The third-order valence-electron chi connectivity index (χ3n) is 4.44. The van der Waals surface area contributed by atoms with Gasteiger partial charge >= 0.3 is 0 Å². The van der Waals surface area contributed by atoms with Gasteiger partial charge in [0.05, 0.1) is 26.6 Å². The molecule has 2 N–H and O–H groups in total. The Bertz CT molecular complexity index is 937. The number of nitrogens with zero attached hydrogens (tertiary/aromatic N) is 3. The van der Waals surface area contributed by atoms with Gasteiger partial charge < -0.3 is 24.7 Å². The van der Waals surface area contributed by atoms with Crippen LogP contribution in [0.1, 0.15) is 25.0 Å². The zero-order chi connectivity index (χ0) is 21.2. The van der Waals surface area contributed by atoms with E-state index in [4.69, 9.17) is 14.5 Å². The quantitative estimate of drug-likeness (QED) is 0.416. The molecule has 0 aliphatic carbocycles. The zero-order valence-electron chi connectivity index (χ0n) is 17.8. The first-order valence-electron chi connectivity index (χ1n) is 10.1. The average molecular weight is 408 g/mol. The molecular weight excluding hydrogens is 378 g/mol. The average Bonchev–Trinajstić information content (AvgIpc) is 3.27. The van der Waals surface area contributed by atoms with Crippen LogP contribution in [0.3, 0.4) is 0 Å². The molecule has 7 nitrogen and oxygen atoms in total. The van der Waals surface area contributed by atoms with Crippen molar-refractivity contribution in [1.29, 1.82) is 0 Å². The Morgan fingerprint density at radius 3 is 2.53 bits per heavy atom. The lowest BCUT2D eigenvalue weighted by Gasteiger charge is -2.14. The first kappa shape index (κ1) is 21.2. The topological polar surface area (TPSA) is 72.7 Å². The van der Waals surface area contributed by atoms with E-state index in [0.29, 0.717) is 30.6 Å². The molecule has 7 heteroatoms. The van der Waals surface area contributed by atoms with Crippen molar-refractivity contribution in [2.75, 3.05) is 25.6 Å². The van der Waals surface area contributed by atoms with Gasteiger partial charge in [0.15, 0.2) is 17.5 Å². The number of rotatable bonds is 9.